The molecule has 2 N–H and O–H groups in total. The molecule has 1 aromatic carbocycles. The van der Waals surface area contributed by atoms with Crippen molar-refractivity contribution in [1.29, 1.82) is 0 Å². The standard InChI is InChI=1S/C11H11ClF3N/c12-6-4-8-7(2-1-3-10(8)16)9(5-6)11(13,14)15/h4-5,10H,1-3,16H2/t10-/m1/s1. The van der Waals surface area contributed by atoms with Crippen LogP contribution in [0.5, 0.6) is 0 Å². The fraction of sp³-hybridized carbons (Fsp3) is 0.455. The van der Waals surface area contributed by atoms with Crippen LogP contribution < -0.4 is 5.73 Å². The first kappa shape index (κ1) is 11.7. The number of benzene rings is 1. The van der Waals surface area contributed by atoms with Crippen LogP contribution in [0.3, 0.4) is 0 Å². The molecule has 0 spiro atoms. The van der Waals surface area contributed by atoms with Crippen molar-refractivity contribution in [3.05, 3.63) is 33.8 Å². The first-order chi connectivity index (χ1) is 7.39. The van der Waals surface area contributed by atoms with Crippen molar-refractivity contribution in [3.8, 4) is 0 Å². The van der Waals surface area contributed by atoms with Crippen molar-refractivity contribution in [2.24, 2.45) is 5.73 Å². The minimum atomic E-state index is -4.36. The Balaban J connectivity index is 2.62. The van der Waals surface area contributed by atoms with Crippen LogP contribution >= 0.6 is 11.6 Å². The van der Waals surface area contributed by atoms with Gasteiger partial charge in [-0.05, 0) is 42.5 Å². The van der Waals surface area contributed by atoms with Crippen LogP contribution in [0.1, 0.15) is 35.6 Å². The molecule has 1 nitrogen and oxygen atoms in total. The molecular formula is C11H11ClF3N. The van der Waals surface area contributed by atoms with Gasteiger partial charge in [0.25, 0.3) is 0 Å². The van der Waals surface area contributed by atoms with E-state index in [0.29, 0.717) is 30.4 Å². The van der Waals surface area contributed by atoms with Crippen molar-refractivity contribution < 1.29 is 13.2 Å². The van der Waals surface area contributed by atoms with Crippen molar-refractivity contribution >= 4 is 11.6 Å². The number of hydrogen-bond donors (Lipinski definition) is 1. The molecule has 0 saturated carbocycles. The number of hydrogen-bond acceptors (Lipinski definition) is 1. The minimum absolute atomic E-state index is 0.100. The third-order valence-electron chi connectivity index (χ3n) is 2.90. The quantitative estimate of drug-likeness (QED) is 0.746. The van der Waals surface area contributed by atoms with Gasteiger partial charge in [-0.2, -0.15) is 13.2 Å². The van der Waals surface area contributed by atoms with Gasteiger partial charge in [0.1, 0.15) is 0 Å². The molecule has 0 aromatic heterocycles. The summed E-state index contributed by atoms with van der Waals surface area (Å²) in [6, 6.07) is 2.21. The second kappa shape index (κ2) is 3.93. The van der Waals surface area contributed by atoms with Gasteiger partial charge < -0.3 is 5.73 Å². The van der Waals surface area contributed by atoms with Gasteiger partial charge in [0, 0.05) is 11.1 Å². The molecule has 0 radical (unpaired) electrons. The highest BCUT2D eigenvalue weighted by atomic mass is 35.5. The van der Waals surface area contributed by atoms with Crippen molar-refractivity contribution in [2.75, 3.05) is 0 Å². The molecule has 0 amide bonds. The van der Waals surface area contributed by atoms with Gasteiger partial charge in [-0.1, -0.05) is 11.6 Å². The lowest BCUT2D eigenvalue weighted by molar-refractivity contribution is -0.138. The van der Waals surface area contributed by atoms with Gasteiger partial charge in [-0.15, -0.1) is 0 Å². The van der Waals surface area contributed by atoms with Crippen LogP contribution in [-0.2, 0) is 12.6 Å². The highest BCUT2D eigenvalue weighted by Gasteiger charge is 2.36. The first-order valence-corrected chi connectivity index (χ1v) is 5.42. The molecule has 1 aromatic rings. The van der Waals surface area contributed by atoms with Crippen molar-refractivity contribution in [1.82, 2.24) is 0 Å². The largest absolute Gasteiger partial charge is 0.416 e. The topological polar surface area (TPSA) is 26.0 Å². The number of halogens is 4. The van der Waals surface area contributed by atoms with E-state index >= 15 is 0 Å². The van der Waals surface area contributed by atoms with Gasteiger partial charge in [-0.3, -0.25) is 0 Å². The van der Waals surface area contributed by atoms with Crippen LogP contribution in [0.4, 0.5) is 13.2 Å². The molecule has 5 heteroatoms. The van der Waals surface area contributed by atoms with E-state index in [0.717, 1.165) is 6.07 Å². The van der Waals surface area contributed by atoms with Gasteiger partial charge in [0.15, 0.2) is 0 Å². The van der Waals surface area contributed by atoms with E-state index in [2.05, 4.69) is 0 Å². The second-order valence-corrected chi connectivity index (χ2v) is 4.45. The zero-order valence-electron chi connectivity index (χ0n) is 8.44. The van der Waals surface area contributed by atoms with Crippen LogP contribution in [0, 0.1) is 0 Å². The summed E-state index contributed by atoms with van der Waals surface area (Å²) >= 11 is 5.70. The maximum atomic E-state index is 12.8. The molecule has 1 aliphatic rings. The predicted octanol–water partition coefficient (Wildman–Crippen LogP) is 3.69. The Hall–Kier alpha value is -0.740. The minimum Gasteiger partial charge on any atom is -0.324 e. The van der Waals surface area contributed by atoms with Gasteiger partial charge in [0.2, 0.25) is 0 Å². The lowest BCUT2D eigenvalue weighted by atomic mass is 9.85. The lowest BCUT2D eigenvalue weighted by Crippen LogP contribution is -2.21. The molecule has 16 heavy (non-hydrogen) atoms. The molecule has 0 bridgehead atoms. The summed E-state index contributed by atoms with van der Waals surface area (Å²) in [5, 5.41) is 0.100. The SMILES string of the molecule is N[C@@H]1CCCc2c1cc(Cl)cc2C(F)(F)F. The monoisotopic (exact) mass is 249 g/mol. The summed E-state index contributed by atoms with van der Waals surface area (Å²) in [6.07, 6.45) is -2.52. The smallest absolute Gasteiger partial charge is 0.324 e. The average Bonchev–Trinajstić information content (AvgIpc) is 2.17. The summed E-state index contributed by atoms with van der Waals surface area (Å²) in [4.78, 5) is 0. The maximum absolute atomic E-state index is 12.8. The predicted molar refractivity (Wildman–Crippen MR) is 56.3 cm³/mol. The second-order valence-electron chi connectivity index (χ2n) is 4.02. The Bertz CT molecular complexity index is 414. The number of alkyl halides is 3. The summed E-state index contributed by atoms with van der Waals surface area (Å²) in [5.74, 6) is 0. The third kappa shape index (κ3) is 2.04. The molecule has 0 heterocycles. The summed E-state index contributed by atoms with van der Waals surface area (Å²) in [7, 11) is 0. The zero-order valence-corrected chi connectivity index (χ0v) is 9.20. The average molecular weight is 250 g/mol. The van der Waals surface area contributed by atoms with E-state index in [1.54, 1.807) is 6.07 Å². The molecule has 88 valence electrons. The summed E-state index contributed by atoms with van der Waals surface area (Å²) in [5.41, 5.74) is 6.03. The first-order valence-electron chi connectivity index (χ1n) is 5.04. The molecule has 2 rings (SSSR count). The normalized spacial score (nSPS) is 20.7. The van der Waals surface area contributed by atoms with E-state index < -0.39 is 11.7 Å². The Morgan fingerprint density at radius 2 is 2.00 bits per heavy atom. The Labute approximate surface area is 96.4 Å². The molecule has 1 atom stereocenters. The van der Waals surface area contributed by atoms with Crippen LogP contribution in [-0.4, -0.2) is 0 Å². The lowest BCUT2D eigenvalue weighted by Gasteiger charge is -2.25. The Morgan fingerprint density at radius 1 is 1.31 bits per heavy atom. The van der Waals surface area contributed by atoms with E-state index in [4.69, 9.17) is 17.3 Å². The van der Waals surface area contributed by atoms with Crippen LogP contribution in [0.2, 0.25) is 5.02 Å². The van der Waals surface area contributed by atoms with Gasteiger partial charge in [-0.25, -0.2) is 0 Å². The van der Waals surface area contributed by atoms with Crippen LogP contribution in [0.15, 0.2) is 12.1 Å². The van der Waals surface area contributed by atoms with E-state index in [9.17, 15) is 13.2 Å². The molecular weight excluding hydrogens is 239 g/mol. The number of fused-ring (bicyclic) bond motifs is 1. The third-order valence-corrected chi connectivity index (χ3v) is 3.11. The van der Waals surface area contributed by atoms with Crippen molar-refractivity contribution in [2.45, 2.75) is 31.5 Å². The Morgan fingerprint density at radius 3 is 2.62 bits per heavy atom. The van der Waals surface area contributed by atoms with E-state index in [1.807, 2.05) is 0 Å². The molecule has 0 fully saturated rings. The fourth-order valence-electron chi connectivity index (χ4n) is 2.17. The van der Waals surface area contributed by atoms with Gasteiger partial charge in [0.05, 0.1) is 5.56 Å². The molecule has 0 aliphatic heterocycles. The zero-order chi connectivity index (χ0) is 11.9. The number of nitrogens with two attached hydrogens (primary N) is 1. The van der Waals surface area contributed by atoms with E-state index in [-0.39, 0.29) is 11.1 Å². The number of rotatable bonds is 0. The fourth-order valence-corrected chi connectivity index (χ4v) is 2.40. The summed E-state index contributed by atoms with van der Waals surface area (Å²) < 4.78 is 38.4. The van der Waals surface area contributed by atoms with Gasteiger partial charge >= 0.3 is 6.18 Å². The molecule has 0 unspecified atom stereocenters. The van der Waals surface area contributed by atoms with Crippen molar-refractivity contribution in [3.63, 3.8) is 0 Å². The molecule has 1 aliphatic carbocycles. The Kier molecular flexibility index (Phi) is 2.88. The highest BCUT2D eigenvalue weighted by molar-refractivity contribution is 6.30. The van der Waals surface area contributed by atoms with E-state index in [1.165, 1.54) is 0 Å². The maximum Gasteiger partial charge on any atom is 0.416 e. The molecule has 0 saturated heterocycles. The highest BCUT2D eigenvalue weighted by Crippen LogP contribution is 2.40. The summed E-state index contributed by atoms with van der Waals surface area (Å²) in [6.45, 7) is 0. The van der Waals surface area contributed by atoms with Crippen LogP contribution in [0.25, 0.3) is 0 Å².